The maximum absolute atomic E-state index is 12.4. The molecule has 1 saturated carbocycles. The average Bonchev–Trinajstić information content (AvgIpc) is 2.92. The summed E-state index contributed by atoms with van der Waals surface area (Å²) < 4.78 is 0. The number of nitrogens with two attached hydrogens (primary N) is 1. The van der Waals surface area contributed by atoms with Crippen molar-refractivity contribution in [3.63, 3.8) is 0 Å². The monoisotopic (exact) mass is 285 g/mol. The minimum Gasteiger partial charge on any atom is -0.369 e. The molecule has 1 fully saturated rings. The molecule has 4 N–H and O–H groups in total. The molecule has 0 saturated heterocycles. The van der Waals surface area contributed by atoms with Crippen molar-refractivity contribution in [3.8, 4) is 0 Å². The molecule has 0 atom stereocenters. The summed E-state index contributed by atoms with van der Waals surface area (Å²) in [5.41, 5.74) is 6.95. The normalized spacial score (nSPS) is 22.1. The minimum absolute atomic E-state index is 0.0359. The first-order valence-corrected chi connectivity index (χ1v) is 7.31. The molecule has 0 spiro atoms. The molecule has 3 rings (SSSR count). The van der Waals surface area contributed by atoms with E-state index < -0.39 is 0 Å². The van der Waals surface area contributed by atoms with Crippen LogP contribution in [0.2, 0.25) is 0 Å². The van der Waals surface area contributed by atoms with E-state index in [4.69, 9.17) is 5.73 Å². The Morgan fingerprint density at radius 2 is 1.86 bits per heavy atom. The van der Waals surface area contributed by atoms with Gasteiger partial charge in [0.05, 0.1) is 5.56 Å². The van der Waals surface area contributed by atoms with E-state index in [1.54, 1.807) is 6.20 Å². The van der Waals surface area contributed by atoms with Crippen LogP contribution in [0.4, 0.5) is 0 Å². The number of primary amides is 1. The van der Waals surface area contributed by atoms with E-state index in [1.807, 2.05) is 24.3 Å². The van der Waals surface area contributed by atoms with Crippen LogP contribution in [0, 0.1) is 5.92 Å². The molecule has 1 aromatic heterocycles. The lowest BCUT2D eigenvalue weighted by molar-refractivity contribution is -0.122. The molecule has 1 heterocycles. The third-order valence-electron chi connectivity index (χ3n) is 4.30. The summed E-state index contributed by atoms with van der Waals surface area (Å²) in [6, 6.07) is 7.87. The lowest BCUT2D eigenvalue weighted by atomic mass is 9.85. The summed E-state index contributed by atoms with van der Waals surface area (Å²) in [4.78, 5) is 26.6. The van der Waals surface area contributed by atoms with Gasteiger partial charge in [0, 0.05) is 29.1 Å². The fourth-order valence-electron chi connectivity index (χ4n) is 3.04. The van der Waals surface area contributed by atoms with Gasteiger partial charge in [0.2, 0.25) is 5.91 Å². The van der Waals surface area contributed by atoms with Crippen LogP contribution in [0.15, 0.2) is 30.5 Å². The van der Waals surface area contributed by atoms with Crippen molar-refractivity contribution in [1.82, 2.24) is 10.3 Å². The molecule has 1 aliphatic rings. The number of H-pyrrole nitrogens is 1. The lowest BCUT2D eigenvalue weighted by Gasteiger charge is -2.27. The highest BCUT2D eigenvalue weighted by Gasteiger charge is 2.26. The smallest absolute Gasteiger partial charge is 0.253 e. The summed E-state index contributed by atoms with van der Waals surface area (Å²) in [7, 11) is 0. The fraction of sp³-hybridized carbons (Fsp3) is 0.375. The summed E-state index contributed by atoms with van der Waals surface area (Å²) in [5.74, 6) is -0.322. The first-order valence-electron chi connectivity index (χ1n) is 7.31. The molecule has 2 aromatic rings. The number of fused-ring (bicyclic) bond motifs is 1. The molecule has 2 amide bonds. The molecule has 1 aliphatic carbocycles. The van der Waals surface area contributed by atoms with E-state index in [0.717, 1.165) is 36.6 Å². The number of hydrogen-bond acceptors (Lipinski definition) is 2. The Hall–Kier alpha value is -2.30. The van der Waals surface area contributed by atoms with Crippen LogP contribution >= 0.6 is 0 Å². The van der Waals surface area contributed by atoms with Crippen LogP contribution in [-0.4, -0.2) is 22.8 Å². The number of rotatable bonds is 3. The molecule has 0 bridgehead atoms. The van der Waals surface area contributed by atoms with Crippen LogP contribution in [0.3, 0.4) is 0 Å². The van der Waals surface area contributed by atoms with E-state index in [-0.39, 0.29) is 23.8 Å². The minimum atomic E-state index is -0.226. The third-order valence-corrected chi connectivity index (χ3v) is 4.30. The van der Waals surface area contributed by atoms with Crippen molar-refractivity contribution in [2.75, 3.05) is 0 Å². The largest absolute Gasteiger partial charge is 0.369 e. The Balaban J connectivity index is 1.66. The van der Waals surface area contributed by atoms with Gasteiger partial charge < -0.3 is 16.0 Å². The van der Waals surface area contributed by atoms with Gasteiger partial charge in [0.15, 0.2) is 0 Å². The first kappa shape index (κ1) is 13.7. The highest BCUT2D eigenvalue weighted by Crippen LogP contribution is 2.25. The molecule has 1 aromatic carbocycles. The molecule has 110 valence electrons. The molecule has 21 heavy (non-hydrogen) atoms. The SMILES string of the molecule is NC(=O)C1CCC(NC(=O)c2c[nH]c3ccccc23)CC1. The van der Waals surface area contributed by atoms with Gasteiger partial charge in [-0.2, -0.15) is 0 Å². The highest BCUT2D eigenvalue weighted by molar-refractivity contribution is 6.06. The van der Waals surface area contributed by atoms with E-state index in [2.05, 4.69) is 10.3 Å². The molecular formula is C16H19N3O2. The zero-order valence-corrected chi connectivity index (χ0v) is 11.8. The fourth-order valence-corrected chi connectivity index (χ4v) is 3.04. The Kier molecular flexibility index (Phi) is 3.64. The number of carbonyl (C=O) groups excluding carboxylic acids is 2. The number of amides is 2. The number of benzene rings is 1. The maximum atomic E-state index is 12.4. The van der Waals surface area contributed by atoms with Crippen LogP contribution in [0.1, 0.15) is 36.0 Å². The molecule has 0 aliphatic heterocycles. The maximum Gasteiger partial charge on any atom is 0.253 e. The van der Waals surface area contributed by atoms with Crippen molar-refractivity contribution in [1.29, 1.82) is 0 Å². The van der Waals surface area contributed by atoms with Gasteiger partial charge in [-0.05, 0) is 31.7 Å². The van der Waals surface area contributed by atoms with Crippen LogP contribution in [0.25, 0.3) is 10.9 Å². The summed E-state index contributed by atoms with van der Waals surface area (Å²) in [6.07, 6.45) is 4.88. The van der Waals surface area contributed by atoms with Gasteiger partial charge in [-0.25, -0.2) is 0 Å². The number of nitrogens with one attached hydrogen (secondary N) is 2. The van der Waals surface area contributed by atoms with E-state index >= 15 is 0 Å². The van der Waals surface area contributed by atoms with E-state index in [9.17, 15) is 9.59 Å². The van der Waals surface area contributed by atoms with Gasteiger partial charge in [-0.3, -0.25) is 9.59 Å². The molecule has 0 radical (unpaired) electrons. The quantitative estimate of drug-likeness (QED) is 0.804. The standard InChI is InChI=1S/C16H19N3O2/c17-15(20)10-5-7-11(8-6-10)19-16(21)13-9-18-14-4-2-1-3-12(13)14/h1-4,9-11,18H,5-8H2,(H2,17,20)(H,19,21). The van der Waals surface area contributed by atoms with Crippen molar-refractivity contribution in [2.45, 2.75) is 31.7 Å². The van der Waals surface area contributed by atoms with Crippen molar-refractivity contribution in [3.05, 3.63) is 36.0 Å². The molecule has 5 heteroatoms. The molecule has 0 unspecified atom stereocenters. The third kappa shape index (κ3) is 2.77. The average molecular weight is 285 g/mol. The Labute approximate surface area is 122 Å². The van der Waals surface area contributed by atoms with Crippen LogP contribution in [0.5, 0.6) is 0 Å². The second kappa shape index (κ2) is 5.60. The van der Waals surface area contributed by atoms with Gasteiger partial charge >= 0.3 is 0 Å². The second-order valence-corrected chi connectivity index (χ2v) is 5.67. The van der Waals surface area contributed by atoms with Crippen LogP contribution < -0.4 is 11.1 Å². The van der Waals surface area contributed by atoms with Gasteiger partial charge in [0.25, 0.3) is 5.91 Å². The Bertz CT molecular complexity index is 669. The first-order chi connectivity index (χ1) is 10.1. The number of aromatic nitrogens is 1. The highest BCUT2D eigenvalue weighted by atomic mass is 16.2. The number of aromatic amines is 1. The summed E-state index contributed by atoms with van der Waals surface area (Å²) in [6.45, 7) is 0. The van der Waals surface area contributed by atoms with Crippen molar-refractivity contribution in [2.24, 2.45) is 11.7 Å². The molecular weight excluding hydrogens is 266 g/mol. The molecule has 5 nitrogen and oxygen atoms in total. The summed E-state index contributed by atoms with van der Waals surface area (Å²) >= 11 is 0. The van der Waals surface area contributed by atoms with Gasteiger partial charge in [0.1, 0.15) is 0 Å². The second-order valence-electron chi connectivity index (χ2n) is 5.67. The van der Waals surface area contributed by atoms with E-state index in [0.29, 0.717) is 5.56 Å². The number of para-hydroxylation sites is 1. The Morgan fingerprint density at radius 1 is 1.14 bits per heavy atom. The zero-order valence-electron chi connectivity index (χ0n) is 11.8. The topological polar surface area (TPSA) is 88.0 Å². The summed E-state index contributed by atoms with van der Waals surface area (Å²) in [5, 5.41) is 3.99. The van der Waals surface area contributed by atoms with Gasteiger partial charge in [-0.15, -0.1) is 0 Å². The number of hydrogen-bond donors (Lipinski definition) is 3. The van der Waals surface area contributed by atoms with E-state index in [1.165, 1.54) is 0 Å². The predicted octanol–water partition coefficient (Wildman–Crippen LogP) is 1.94. The van der Waals surface area contributed by atoms with Crippen LogP contribution in [-0.2, 0) is 4.79 Å². The zero-order chi connectivity index (χ0) is 14.8. The predicted molar refractivity (Wildman–Crippen MR) is 80.7 cm³/mol. The number of carbonyl (C=O) groups is 2. The van der Waals surface area contributed by atoms with Gasteiger partial charge in [-0.1, -0.05) is 18.2 Å². The van der Waals surface area contributed by atoms with Crippen molar-refractivity contribution < 1.29 is 9.59 Å². The Morgan fingerprint density at radius 3 is 2.57 bits per heavy atom. The van der Waals surface area contributed by atoms with Crippen molar-refractivity contribution >= 4 is 22.7 Å². The lowest BCUT2D eigenvalue weighted by Crippen LogP contribution is -2.39.